The molecule has 0 unspecified atom stereocenters. The molecule has 0 spiro atoms. The first-order valence-corrected chi connectivity index (χ1v) is 4.20. The minimum atomic E-state index is 0.478. The maximum atomic E-state index is 5.75. The molecule has 58 valence electrons. The first-order valence-electron chi connectivity index (χ1n) is 3.29. The zero-order valence-electron chi connectivity index (χ0n) is 6.32. The third kappa shape index (κ3) is 4.89. The van der Waals surface area contributed by atoms with Gasteiger partial charge >= 0.3 is 0 Å². The summed E-state index contributed by atoms with van der Waals surface area (Å²) < 4.78 is 0. The van der Waals surface area contributed by atoms with Crippen LogP contribution >= 0.6 is 23.2 Å². The average Bonchev–Trinajstić information content (AvgIpc) is 1.88. The van der Waals surface area contributed by atoms with Gasteiger partial charge in [0, 0.05) is 10.9 Å². The van der Waals surface area contributed by atoms with Crippen LogP contribution in [0.4, 0.5) is 0 Å². The van der Waals surface area contributed by atoms with Gasteiger partial charge in [0.2, 0.25) is 0 Å². The maximum absolute atomic E-state index is 5.75. The van der Waals surface area contributed by atoms with Crippen molar-refractivity contribution in [1.82, 2.24) is 0 Å². The Bertz CT molecular complexity index is 145. The standard InChI is InChI=1S/C8H12Cl2/c1-3-7(2)6-8(10)4-5-9/h4,6H,3,5H2,1-2H3/b7-6-,8-4+. The minimum absolute atomic E-state index is 0.478. The van der Waals surface area contributed by atoms with Gasteiger partial charge in [-0.05, 0) is 19.4 Å². The van der Waals surface area contributed by atoms with Gasteiger partial charge in [0.15, 0.2) is 0 Å². The van der Waals surface area contributed by atoms with Crippen molar-refractivity contribution >= 4 is 23.2 Å². The highest BCUT2D eigenvalue weighted by Crippen LogP contribution is 2.09. The van der Waals surface area contributed by atoms with E-state index in [0.717, 1.165) is 11.5 Å². The normalized spacial score (nSPS) is 14.0. The second-order valence-corrected chi connectivity index (χ2v) is 2.83. The number of allylic oxidation sites excluding steroid dienone is 4. The molecule has 0 aromatic heterocycles. The average molecular weight is 179 g/mol. The minimum Gasteiger partial charge on any atom is -0.122 e. The van der Waals surface area contributed by atoms with Crippen LogP contribution in [0, 0.1) is 0 Å². The van der Waals surface area contributed by atoms with E-state index in [1.165, 1.54) is 5.57 Å². The largest absolute Gasteiger partial charge is 0.122 e. The molecule has 0 saturated heterocycles. The van der Waals surface area contributed by atoms with Crippen molar-refractivity contribution in [3.05, 3.63) is 22.8 Å². The smallest absolute Gasteiger partial charge is 0.0421 e. The van der Waals surface area contributed by atoms with Crippen molar-refractivity contribution in [1.29, 1.82) is 0 Å². The monoisotopic (exact) mass is 178 g/mol. The summed E-state index contributed by atoms with van der Waals surface area (Å²) in [6.07, 6.45) is 4.75. The molecule has 0 saturated carbocycles. The molecule has 0 aliphatic carbocycles. The van der Waals surface area contributed by atoms with E-state index in [2.05, 4.69) is 6.92 Å². The summed E-state index contributed by atoms with van der Waals surface area (Å²) in [5, 5.41) is 0.731. The molecule has 0 heterocycles. The Morgan fingerprint density at radius 1 is 1.50 bits per heavy atom. The molecule has 0 radical (unpaired) electrons. The van der Waals surface area contributed by atoms with Crippen LogP contribution in [0.25, 0.3) is 0 Å². The van der Waals surface area contributed by atoms with Crippen LogP contribution in [0.15, 0.2) is 22.8 Å². The molecule has 0 bridgehead atoms. The van der Waals surface area contributed by atoms with E-state index in [1.807, 2.05) is 13.0 Å². The number of halogens is 2. The van der Waals surface area contributed by atoms with Crippen molar-refractivity contribution in [3.8, 4) is 0 Å². The Morgan fingerprint density at radius 3 is 2.50 bits per heavy atom. The third-order valence-corrected chi connectivity index (χ3v) is 1.63. The van der Waals surface area contributed by atoms with Gasteiger partial charge in [0.05, 0.1) is 0 Å². The van der Waals surface area contributed by atoms with Crippen LogP contribution in [0.2, 0.25) is 0 Å². The van der Waals surface area contributed by atoms with Crippen molar-refractivity contribution in [2.75, 3.05) is 5.88 Å². The predicted octanol–water partition coefficient (Wildman–Crippen LogP) is 3.70. The first-order chi connectivity index (χ1) is 4.70. The topological polar surface area (TPSA) is 0 Å². The summed E-state index contributed by atoms with van der Waals surface area (Å²) in [7, 11) is 0. The zero-order valence-corrected chi connectivity index (χ0v) is 7.84. The first kappa shape index (κ1) is 10.1. The van der Waals surface area contributed by atoms with Gasteiger partial charge in [-0.15, -0.1) is 11.6 Å². The van der Waals surface area contributed by atoms with Crippen LogP contribution in [-0.4, -0.2) is 5.88 Å². The maximum Gasteiger partial charge on any atom is 0.0421 e. The molecule has 0 aliphatic heterocycles. The quantitative estimate of drug-likeness (QED) is 0.457. The summed E-state index contributed by atoms with van der Waals surface area (Å²) >= 11 is 11.2. The van der Waals surface area contributed by atoms with Gasteiger partial charge in [-0.25, -0.2) is 0 Å². The molecule has 0 aromatic carbocycles. The van der Waals surface area contributed by atoms with Gasteiger partial charge in [-0.1, -0.05) is 30.2 Å². The molecule has 2 heteroatoms. The van der Waals surface area contributed by atoms with Gasteiger partial charge in [0.25, 0.3) is 0 Å². The SMILES string of the molecule is CC/C(C)=C\C(Cl)=C/CCl. The zero-order chi connectivity index (χ0) is 7.98. The summed E-state index contributed by atoms with van der Waals surface area (Å²) in [6.45, 7) is 4.14. The van der Waals surface area contributed by atoms with Crippen molar-refractivity contribution < 1.29 is 0 Å². The molecule has 0 fully saturated rings. The molecule has 0 aromatic rings. The van der Waals surface area contributed by atoms with E-state index in [9.17, 15) is 0 Å². The summed E-state index contributed by atoms with van der Waals surface area (Å²) in [5.74, 6) is 0.478. The fourth-order valence-electron chi connectivity index (χ4n) is 0.470. The lowest BCUT2D eigenvalue weighted by atomic mass is 10.2. The molecule has 0 nitrogen and oxygen atoms in total. The number of rotatable bonds is 3. The summed E-state index contributed by atoms with van der Waals surface area (Å²) in [5.41, 5.74) is 1.27. The van der Waals surface area contributed by atoms with Crippen LogP contribution in [0.5, 0.6) is 0 Å². The van der Waals surface area contributed by atoms with Gasteiger partial charge in [-0.2, -0.15) is 0 Å². The molecule has 0 rings (SSSR count). The summed E-state index contributed by atoms with van der Waals surface area (Å²) in [6, 6.07) is 0. The van der Waals surface area contributed by atoms with Gasteiger partial charge < -0.3 is 0 Å². The Balaban J connectivity index is 3.98. The molecular weight excluding hydrogens is 167 g/mol. The Kier molecular flexibility index (Phi) is 5.85. The van der Waals surface area contributed by atoms with Crippen LogP contribution in [0.1, 0.15) is 20.3 Å². The second-order valence-electron chi connectivity index (χ2n) is 2.09. The van der Waals surface area contributed by atoms with E-state index >= 15 is 0 Å². The van der Waals surface area contributed by atoms with E-state index < -0.39 is 0 Å². The van der Waals surface area contributed by atoms with E-state index in [0.29, 0.717) is 5.88 Å². The Labute approximate surface area is 72.5 Å². The molecule has 10 heavy (non-hydrogen) atoms. The van der Waals surface area contributed by atoms with Gasteiger partial charge in [-0.3, -0.25) is 0 Å². The number of hydrogen-bond donors (Lipinski definition) is 0. The predicted molar refractivity (Wildman–Crippen MR) is 48.7 cm³/mol. The highest BCUT2D eigenvalue weighted by molar-refractivity contribution is 6.32. The van der Waals surface area contributed by atoms with Crippen LogP contribution in [-0.2, 0) is 0 Å². The second kappa shape index (κ2) is 5.82. The summed E-state index contributed by atoms with van der Waals surface area (Å²) in [4.78, 5) is 0. The fourth-order valence-corrected chi connectivity index (χ4v) is 0.979. The van der Waals surface area contributed by atoms with Crippen molar-refractivity contribution in [2.24, 2.45) is 0 Å². The molecule has 0 aliphatic rings. The lowest BCUT2D eigenvalue weighted by Crippen LogP contribution is -1.73. The fraction of sp³-hybridized carbons (Fsp3) is 0.500. The Hall–Kier alpha value is 0.0600. The van der Waals surface area contributed by atoms with Crippen molar-refractivity contribution in [2.45, 2.75) is 20.3 Å². The Morgan fingerprint density at radius 2 is 2.10 bits per heavy atom. The van der Waals surface area contributed by atoms with Crippen molar-refractivity contribution in [3.63, 3.8) is 0 Å². The lowest BCUT2D eigenvalue weighted by Gasteiger charge is -1.92. The lowest BCUT2D eigenvalue weighted by molar-refractivity contribution is 1.10. The van der Waals surface area contributed by atoms with Gasteiger partial charge in [0.1, 0.15) is 0 Å². The number of hydrogen-bond acceptors (Lipinski definition) is 0. The highest BCUT2D eigenvalue weighted by Gasteiger charge is 1.86. The number of alkyl halides is 1. The molecular formula is C8H12Cl2. The van der Waals surface area contributed by atoms with E-state index in [4.69, 9.17) is 23.2 Å². The third-order valence-electron chi connectivity index (χ3n) is 1.21. The molecule has 0 atom stereocenters. The molecule has 0 amide bonds. The van der Waals surface area contributed by atoms with Crippen LogP contribution < -0.4 is 0 Å². The van der Waals surface area contributed by atoms with E-state index in [-0.39, 0.29) is 0 Å². The van der Waals surface area contributed by atoms with Crippen LogP contribution in [0.3, 0.4) is 0 Å². The van der Waals surface area contributed by atoms with E-state index in [1.54, 1.807) is 6.08 Å². The molecule has 0 N–H and O–H groups in total. The highest BCUT2D eigenvalue weighted by atomic mass is 35.5.